The molecular formula is C54H30O4. The van der Waals surface area contributed by atoms with Crippen LogP contribution >= 0.6 is 0 Å². The van der Waals surface area contributed by atoms with Crippen LogP contribution in [0.1, 0.15) is 0 Å². The van der Waals surface area contributed by atoms with Gasteiger partial charge in [0.15, 0.2) is 11.2 Å². The number of benzene rings is 9. The van der Waals surface area contributed by atoms with Gasteiger partial charge in [-0.25, -0.2) is 0 Å². The van der Waals surface area contributed by atoms with E-state index in [0.29, 0.717) is 0 Å². The molecule has 0 aliphatic carbocycles. The lowest BCUT2D eigenvalue weighted by Crippen LogP contribution is -1.82. The minimum absolute atomic E-state index is 0.772. The van der Waals surface area contributed by atoms with Crippen LogP contribution in [0.15, 0.2) is 200 Å². The van der Waals surface area contributed by atoms with Gasteiger partial charge in [-0.05, 0) is 117 Å². The van der Waals surface area contributed by atoms with Gasteiger partial charge in [0.25, 0.3) is 0 Å². The Morgan fingerprint density at radius 1 is 0.190 bits per heavy atom. The molecule has 4 nitrogen and oxygen atoms in total. The number of hydrogen-bond acceptors (Lipinski definition) is 4. The van der Waals surface area contributed by atoms with Gasteiger partial charge in [-0.1, -0.05) is 103 Å². The molecule has 0 saturated carbocycles. The molecule has 0 radical (unpaired) electrons. The molecule has 0 bridgehead atoms. The maximum Gasteiger partial charge on any atom is 0.178 e. The largest absolute Gasteiger partial charge is 0.456 e. The second-order valence-corrected chi connectivity index (χ2v) is 15.2. The van der Waals surface area contributed by atoms with E-state index in [1.807, 2.05) is 18.2 Å². The highest BCUT2D eigenvalue weighted by Crippen LogP contribution is 2.42. The third-order valence-corrected chi connectivity index (χ3v) is 11.9. The van der Waals surface area contributed by atoms with Crippen molar-refractivity contribution in [3.8, 4) is 44.5 Å². The summed E-state index contributed by atoms with van der Waals surface area (Å²) in [7, 11) is 0. The Kier molecular flexibility index (Phi) is 6.41. The van der Waals surface area contributed by atoms with Crippen molar-refractivity contribution in [3.05, 3.63) is 182 Å². The Morgan fingerprint density at radius 3 is 0.983 bits per heavy atom. The molecule has 4 heteroatoms. The fourth-order valence-electron chi connectivity index (χ4n) is 8.97. The van der Waals surface area contributed by atoms with E-state index in [1.54, 1.807) is 0 Å². The summed E-state index contributed by atoms with van der Waals surface area (Å²) in [6.45, 7) is 0. The van der Waals surface area contributed by atoms with E-state index in [0.717, 1.165) is 121 Å². The van der Waals surface area contributed by atoms with Crippen LogP contribution in [0.3, 0.4) is 0 Å². The zero-order chi connectivity index (χ0) is 37.9. The molecule has 270 valence electrons. The van der Waals surface area contributed by atoms with Crippen LogP contribution in [0.2, 0.25) is 0 Å². The normalized spacial score (nSPS) is 12.1. The summed E-state index contributed by atoms with van der Waals surface area (Å²) in [6, 6.07) is 64.0. The standard InChI is InChI=1S/C54H30O4/c1-3-8-31(9-4-1)35-15-22-49-41(25-35)39-18-19-40-42-27-37(17-23-50(42)58-54(40)53(39)57-49)33-12-7-13-34(24-33)38-16-21-48-44(28-38)46-29-45-43-26-36(32-10-5-2-6-11-32)14-20-47(43)55-51(45)30-52(46)56-48/h1-30H. The van der Waals surface area contributed by atoms with Gasteiger partial charge in [0.2, 0.25) is 0 Å². The van der Waals surface area contributed by atoms with Gasteiger partial charge in [-0.15, -0.1) is 0 Å². The first-order valence-electron chi connectivity index (χ1n) is 19.5. The van der Waals surface area contributed by atoms with E-state index in [9.17, 15) is 0 Å². The van der Waals surface area contributed by atoms with Crippen LogP contribution < -0.4 is 0 Å². The fourth-order valence-corrected chi connectivity index (χ4v) is 8.97. The van der Waals surface area contributed by atoms with Crippen molar-refractivity contribution in [2.75, 3.05) is 0 Å². The van der Waals surface area contributed by atoms with E-state index < -0.39 is 0 Å². The molecule has 0 spiro atoms. The lowest BCUT2D eigenvalue weighted by molar-refractivity contribution is 0.633. The molecule has 4 aromatic heterocycles. The molecule has 13 aromatic rings. The maximum atomic E-state index is 6.53. The van der Waals surface area contributed by atoms with Gasteiger partial charge >= 0.3 is 0 Å². The van der Waals surface area contributed by atoms with E-state index >= 15 is 0 Å². The highest BCUT2D eigenvalue weighted by Gasteiger charge is 2.18. The molecule has 0 aliphatic heterocycles. The predicted molar refractivity (Wildman–Crippen MR) is 237 cm³/mol. The highest BCUT2D eigenvalue weighted by molar-refractivity contribution is 6.20. The molecule has 9 aromatic carbocycles. The molecule has 0 atom stereocenters. The first kappa shape index (κ1) is 31.4. The van der Waals surface area contributed by atoms with Crippen molar-refractivity contribution in [2.24, 2.45) is 0 Å². The van der Waals surface area contributed by atoms with Gasteiger partial charge in [0.05, 0.1) is 0 Å². The Hall–Kier alpha value is -7.82. The monoisotopic (exact) mass is 742 g/mol. The molecule has 0 saturated heterocycles. The number of rotatable bonds is 4. The highest BCUT2D eigenvalue weighted by atomic mass is 16.4. The summed E-state index contributed by atoms with van der Waals surface area (Å²) < 4.78 is 25.7. The Labute approximate surface area is 330 Å². The van der Waals surface area contributed by atoms with Crippen LogP contribution in [0.25, 0.3) is 132 Å². The summed E-state index contributed by atoms with van der Waals surface area (Å²) in [4.78, 5) is 0. The lowest BCUT2D eigenvalue weighted by atomic mass is 9.97. The van der Waals surface area contributed by atoms with E-state index in [1.165, 1.54) is 11.1 Å². The average Bonchev–Trinajstić information content (AvgIpc) is 4.05. The minimum atomic E-state index is 0.772. The topological polar surface area (TPSA) is 52.6 Å². The second-order valence-electron chi connectivity index (χ2n) is 15.2. The summed E-state index contributed by atoms with van der Waals surface area (Å²) in [5, 5.41) is 8.55. The first-order valence-corrected chi connectivity index (χ1v) is 19.5. The molecule has 0 N–H and O–H groups in total. The van der Waals surface area contributed by atoms with Gasteiger partial charge in [0.1, 0.15) is 33.5 Å². The van der Waals surface area contributed by atoms with E-state index in [-0.39, 0.29) is 0 Å². The van der Waals surface area contributed by atoms with Gasteiger partial charge in [0, 0.05) is 49.2 Å². The number of furan rings is 4. The molecule has 0 aliphatic rings. The van der Waals surface area contributed by atoms with Crippen LogP contribution in [0.4, 0.5) is 0 Å². The average molecular weight is 743 g/mol. The fraction of sp³-hybridized carbons (Fsp3) is 0. The molecule has 0 fully saturated rings. The maximum absolute atomic E-state index is 6.53. The van der Waals surface area contributed by atoms with Gasteiger partial charge < -0.3 is 17.7 Å². The van der Waals surface area contributed by atoms with Gasteiger partial charge in [-0.3, -0.25) is 0 Å². The number of hydrogen-bond donors (Lipinski definition) is 0. The van der Waals surface area contributed by atoms with Crippen molar-refractivity contribution >= 4 is 87.8 Å². The molecule has 0 amide bonds. The van der Waals surface area contributed by atoms with E-state index in [4.69, 9.17) is 17.7 Å². The Morgan fingerprint density at radius 2 is 0.534 bits per heavy atom. The van der Waals surface area contributed by atoms with E-state index in [2.05, 4.69) is 164 Å². The van der Waals surface area contributed by atoms with Crippen LogP contribution in [0.5, 0.6) is 0 Å². The summed E-state index contributed by atoms with van der Waals surface area (Å²) >= 11 is 0. The van der Waals surface area contributed by atoms with Crippen molar-refractivity contribution in [3.63, 3.8) is 0 Å². The lowest BCUT2D eigenvalue weighted by Gasteiger charge is -2.07. The quantitative estimate of drug-likeness (QED) is 0.180. The SMILES string of the molecule is c1ccc(-c2ccc3oc4cc5oc6ccc(-c7cccc(-c8ccc9oc%10c(ccc%11c%12cc(-c%13ccccc%13)ccc%12oc%11%10)c9c8)c7)cc6c5cc4c3c2)cc1. The third kappa shape index (κ3) is 4.69. The first-order chi connectivity index (χ1) is 28.7. The van der Waals surface area contributed by atoms with Crippen LogP contribution in [-0.2, 0) is 0 Å². The summed E-state index contributed by atoms with van der Waals surface area (Å²) in [5.41, 5.74) is 15.8. The summed E-state index contributed by atoms with van der Waals surface area (Å²) in [5.74, 6) is 0. The zero-order valence-corrected chi connectivity index (χ0v) is 31.0. The smallest absolute Gasteiger partial charge is 0.178 e. The number of fused-ring (bicyclic) bond motifs is 13. The summed E-state index contributed by atoms with van der Waals surface area (Å²) in [6.07, 6.45) is 0. The Balaban J connectivity index is 0.886. The minimum Gasteiger partial charge on any atom is -0.456 e. The zero-order valence-electron chi connectivity index (χ0n) is 31.0. The second kappa shape index (κ2) is 11.8. The molecule has 4 heterocycles. The van der Waals surface area contributed by atoms with Crippen molar-refractivity contribution in [1.29, 1.82) is 0 Å². The molecule has 0 unspecified atom stereocenters. The molecular weight excluding hydrogens is 713 g/mol. The van der Waals surface area contributed by atoms with Crippen molar-refractivity contribution in [1.82, 2.24) is 0 Å². The predicted octanol–water partition coefficient (Wildman–Crippen LogP) is 16.0. The molecule has 58 heavy (non-hydrogen) atoms. The van der Waals surface area contributed by atoms with Gasteiger partial charge in [-0.2, -0.15) is 0 Å². The molecule has 13 rings (SSSR count). The van der Waals surface area contributed by atoms with Crippen LogP contribution in [0, 0.1) is 0 Å². The van der Waals surface area contributed by atoms with Crippen LogP contribution in [-0.4, -0.2) is 0 Å². The Bertz CT molecular complexity index is 3780. The third-order valence-electron chi connectivity index (χ3n) is 11.9. The van der Waals surface area contributed by atoms with Crippen molar-refractivity contribution < 1.29 is 17.7 Å². The van der Waals surface area contributed by atoms with Crippen molar-refractivity contribution in [2.45, 2.75) is 0 Å².